The summed E-state index contributed by atoms with van der Waals surface area (Å²) in [7, 11) is 1.62. The molecule has 0 bridgehead atoms. The summed E-state index contributed by atoms with van der Waals surface area (Å²) in [5.74, 6) is 1.07. The lowest BCUT2D eigenvalue weighted by Gasteiger charge is -2.17. The van der Waals surface area contributed by atoms with Crippen LogP contribution in [-0.2, 0) is 22.5 Å². The lowest BCUT2D eigenvalue weighted by atomic mass is 10.0. The molecule has 2 aliphatic rings. The average Bonchev–Trinajstić information content (AvgIpc) is 3.28. The Labute approximate surface area is 164 Å². The van der Waals surface area contributed by atoms with Gasteiger partial charge in [0, 0.05) is 42.2 Å². The second-order valence-corrected chi connectivity index (χ2v) is 8.34. The van der Waals surface area contributed by atoms with Gasteiger partial charge in [0.2, 0.25) is 5.78 Å². The van der Waals surface area contributed by atoms with Crippen LogP contribution in [0, 0.1) is 5.92 Å². The van der Waals surface area contributed by atoms with Gasteiger partial charge in [-0.3, -0.25) is 14.7 Å². The van der Waals surface area contributed by atoms with Crippen molar-refractivity contribution in [2.75, 3.05) is 20.2 Å². The molecule has 0 amide bonds. The highest BCUT2D eigenvalue weighted by Crippen LogP contribution is 2.44. The lowest BCUT2D eigenvalue weighted by Crippen LogP contribution is -2.20. The summed E-state index contributed by atoms with van der Waals surface area (Å²) < 4.78 is 5.54. The maximum Gasteiger partial charge on any atom is 0.211 e. The van der Waals surface area contributed by atoms with E-state index in [4.69, 9.17) is 4.74 Å². The van der Waals surface area contributed by atoms with Crippen LogP contribution in [0.1, 0.15) is 17.7 Å². The van der Waals surface area contributed by atoms with Gasteiger partial charge in [-0.05, 0) is 30.7 Å². The van der Waals surface area contributed by atoms with Gasteiger partial charge in [-0.25, -0.2) is 0 Å². The number of nitrogens with zero attached hydrogens (tertiary/aromatic N) is 2. The van der Waals surface area contributed by atoms with E-state index in [2.05, 4.69) is 40.2 Å². The number of methoxy groups -OCH3 is 1. The van der Waals surface area contributed by atoms with Crippen LogP contribution in [0.4, 0.5) is 0 Å². The molecule has 4 nitrogen and oxygen atoms in total. The molecule has 0 radical (unpaired) electrons. The minimum Gasteiger partial charge on any atom is -0.492 e. The van der Waals surface area contributed by atoms with Crippen molar-refractivity contribution in [2.24, 2.45) is 5.92 Å². The van der Waals surface area contributed by atoms with Crippen LogP contribution in [0.25, 0.3) is 0 Å². The van der Waals surface area contributed by atoms with Crippen molar-refractivity contribution in [1.29, 1.82) is 0 Å². The fraction of sp³-hybridized carbons (Fsp3) is 0.364. The molecule has 1 aromatic carbocycles. The maximum absolute atomic E-state index is 12.8. The highest BCUT2D eigenvalue weighted by Gasteiger charge is 2.40. The lowest BCUT2D eigenvalue weighted by molar-refractivity contribution is -0.117. The first-order valence-electron chi connectivity index (χ1n) is 9.40. The van der Waals surface area contributed by atoms with Gasteiger partial charge in [0.05, 0.1) is 12.4 Å². The molecule has 5 heteroatoms. The minimum atomic E-state index is -0.118. The first-order valence-corrected chi connectivity index (χ1v) is 10.3. The number of thioether (sulfide) groups is 1. The third kappa shape index (κ3) is 4.09. The van der Waals surface area contributed by atoms with E-state index >= 15 is 0 Å². The zero-order chi connectivity index (χ0) is 18.6. The molecule has 140 valence electrons. The third-order valence-electron chi connectivity index (χ3n) is 5.23. The monoisotopic (exact) mass is 380 g/mol. The molecule has 1 fully saturated rings. The molecule has 0 N–H and O–H groups in total. The summed E-state index contributed by atoms with van der Waals surface area (Å²) >= 11 is 1.69. The highest BCUT2D eigenvalue weighted by molar-refractivity contribution is 8.04. The topological polar surface area (TPSA) is 42.4 Å². The number of carbonyl (C=O) groups is 1. The van der Waals surface area contributed by atoms with E-state index in [0.717, 1.165) is 36.7 Å². The zero-order valence-electron chi connectivity index (χ0n) is 15.5. The molecule has 0 saturated carbocycles. The predicted molar refractivity (Wildman–Crippen MR) is 108 cm³/mol. The number of ketones is 1. The molecule has 1 aromatic heterocycles. The molecule has 1 saturated heterocycles. The first-order chi connectivity index (χ1) is 13.2. The van der Waals surface area contributed by atoms with Crippen LogP contribution in [0.3, 0.4) is 0 Å². The van der Waals surface area contributed by atoms with E-state index in [1.807, 2.05) is 18.2 Å². The van der Waals surface area contributed by atoms with Gasteiger partial charge < -0.3 is 4.74 Å². The number of hydrogen-bond acceptors (Lipinski definition) is 5. The van der Waals surface area contributed by atoms with Crippen LogP contribution in [0.15, 0.2) is 65.4 Å². The van der Waals surface area contributed by atoms with Gasteiger partial charge in [-0.1, -0.05) is 36.4 Å². The van der Waals surface area contributed by atoms with E-state index in [0.29, 0.717) is 18.1 Å². The van der Waals surface area contributed by atoms with Crippen molar-refractivity contribution in [2.45, 2.75) is 24.6 Å². The highest BCUT2D eigenvalue weighted by atomic mass is 32.2. The van der Waals surface area contributed by atoms with Crippen LogP contribution in [0.2, 0.25) is 0 Å². The number of pyridine rings is 1. The third-order valence-corrected chi connectivity index (χ3v) is 6.66. The summed E-state index contributed by atoms with van der Waals surface area (Å²) in [5.41, 5.74) is 2.29. The number of hydrogen-bond donors (Lipinski definition) is 0. The number of ether oxygens (including phenoxy) is 1. The molecule has 2 aliphatic heterocycles. The van der Waals surface area contributed by atoms with E-state index in [-0.39, 0.29) is 11.0 Å². The van der Waals surface area contributed by atoms with E-state index in [1.54, 1.807) is 25.1 Å². The summed E-state index contributed by atoms with van der Waals surface area (Å²) in [6.45, 7) is 3.00. The Hall–Kier alpha value is -2.11. The Balaban J connectivity index is 1.43. The summed E-state index contributed by atoms with van der Waals surface area (Å²) in [6, 6.07) is 16.4. The summed E-state index contributed by atoms with van der Waals surface area (Å²) in [4.78, 5) is 20.8. The van der Waals surface area contributed by atoms with E-state index < -0.39 is 0 Å². The van der Waals surface area contributed by atoms with E-state index in [1.165, 1.54) is 5.56 Å². The molecular weight excluding hydrogens is 356 g/mol. The molecular formula is C22H24N2O2S. The van der Waals surface area contributed by atoms with Crippen LogP contribution < -0.4 is 0 Å². The second kappa shape index (κ2) is 8.28. The Morgan fingerprint density at radius 3 is 2.74 bits per heavy atom. The molecule has 0 spiro atoms. The second-order valence-electron chi connectivity index (χ2n) is 7.10. The van der Waals surface area contributed by atoms with Crippen LogP contribution >= 0.6 is 11.8 Å². The molecule has 27 heavy (non-hydrogen) atoms. The van der Waals surface area contributed by atoms with Crippen molar-refractivity contribution in [3.8, 4) is 0 Å². The molecule has 2 atom stereocenters. The number of Topliss-reactive ketones (excluding diaryl/α,β-unsaturated/α-hetero) is 1. The standard InChI is InChI=1S/C22H24N2O2S/c1-26-21-20(25)19(13-18-9-5-6-11-23-18)27-22(21)17-10-12-24(15-17)14-16-7-3-2-4-8-16/h2-9,11,17,19H,10,12-15H2,1H3. The fourth-order valence-electron chi connectivity index (χ4n) is 3.89. The number of allylic oxidation sites excluding steroid dienone is 1. The fourth-order valence-corrected chi connectivity index (χ4v) is 5.34. The molecule has 2 unspecified atom stereocenters. The SMILES string of the molecule is COC1=C(C2CCN(Cc3ccccc3)C2)SC(Cc2ccccn2)C1=O. The van der Waals surface area contributed by atoms with Crippen molar-refractivity contribution < 1.29 is 9.53 Å². The molecule has 2 aromatic rings. The van der Waals surface area contributed by atoms with Gasteiger partial charge in [0.1, 0.15) is 0 Å². The predicted octanol–water partition coefficient (Wildman–Crippen LogP) is 3.69. The van der Waals surface area contributed by atoms with Gasteiger partial charge >= 0.3 is 0 Å². The maximum atomic E-state index is 12.8. The van der Waals surface area contributed by atoms with Gasteiger partial charge in [-0.15, -0.1) is 11.8 Å². The number of aromatic nitrogens is 1. The Bertz CT molecular complexity index is 823. The smallest absolute Gasteiger partial charge is 0.211 e. The van der Waals surface area contributed by atoms with Crippen molar-refractivity contribution in [3.63, 3.8) is 0 Å². The number of rotatable bonds is 6. The summed E-state index contributed by atoms with van der Waals surface area (Å²) in [5, 5.41) is -0.118. The van der Waals surface area contributed by atoms with Crippen molar-refractivity contribution >= 4 is 17.5 Å². The van der Waals surface area contributed by atoms with Crippen molar-refractivity contribution in [3.05, 3.63) is 76.6 Å². The molecule has 0 aliphatic carbocycles. The Morgan fingerprint density at radius 1 is 1.19 bits per heavy atom. The zero-order valence-corrected chi connectivity index (χ0v) is 16.3. The first kappa shape index (κ1) is 18.3. The van der Waals surface area contributed by atoms with Gasteiger partial charge in [-0.2, -0.15) is 0 Å². The number of likely N-dealkylation sites (tertiary alicyclic amines) is 1. The Kier molecular flexibility index (Phi) is 5.60. The largest absolute Gasteiger partial charge is 0.492 e. The number of carbonyl (C=O) groups excluding carboxylic acids is 1. The van der Waals surface area contributed by atoms with Crippen LogP contribution in [0.5, 0.6) is 0 Å². The van der Waals surface area contributed by atoms with Crippen LogP contribution in [-0.4, -0.2) is 41.1 Å². The average molecular weight is 381 g/mol. The Morgan fingerprint density at radius 2 is 2.00 bits per heavy atom. The quantitative estimate of drug-likeness (QED) is 0.765. The van der Waals surface area contributed by atoms with Gasteiger partial charge in [0.25, 0.3) is 0 Å². The normalized spacial score (nSPS) is 23.2. The minimum absolute atomic E-state index is 0.115. The van der Waals surface area contributed by atoms with E-state index in [9.17, 15) is 4.79 Å². The molecule has 3 heterocycles. The number of benzene rings is 1. The summed E-state index contributed by atoms with van der Waals surface area (Å²) in [6.07, 6.45) is 3.51. The van der Waals surface area contributed by atoms with Crippen molar-refractivity contribution in [1.82, 2.24) is 9.88 Å². The molecule has 4 rings (SSSR count). The van der Waals surface area contributed by atoms with Gasteiger partial charge in [0.15, 0.2) is 5.76 Å².